The third-order valence-corrected chi connectivity index (χ3v) is 4.94. The van der Waals surface area contributed by atoms with E-state index in [4.69, 9.17) is 10.5 Å². The highest BCUT2D eigenvalue weighted by molar-refractivity contribution is 7.89. The zero-order valence-corrected chi connectivity index (χ0v) is 13.3. The highest BCUT2D eigenvalue weighted by Gasteiger charge is 2.20. The Balaban J connectivity index is 2.02. The largest absolute Gasteiger partial charge is 0.399 e. The molecule has 0 amide bonds. The van der Waals surface area contributed by atoms with E-state index in [9.17, 15) is 8.42 Å². The van der Waals surface area contributed by atoms with Gasteiger partial charge < -0.3 is 10.5 Å². The third-order valence-electron chi connectivity index (χ3n) is 3.38. The van der Waals surface area contributed by atoms with Crippen LogP contribution in [0.2, 0.25) is 0 Å². The number of anilines is 1. The van der Waals surface area contributed by atoms with Gasteiger partial charge in [0.2, 0.25) is 10.0 Å². The molecule has 1 unspecified atom stereocenters. The van der Waals surface area contributed by atoms with Crippen molar-refractivity contribution in [3.05, 3.63) is 23.8 Å². The molecule has 0 spiro atoms. The van der Waals surface area contributed by atoms with E-state index in [0.29, 0.717) is 25.4 Å². The summed E-state index contributed by atoms with van der Waals surface area (Å²) in [5.41, 5.74) is 7.01. The molecular weight excluding hydrogens is 290 g/mol. The fourth-order valence-corrected chi connectivity index (χ4v) is 3.85. The fourth-order valence-electron chi connectivity index (χ4n) is 2.47. The molecule has 1 heterocycles. The number of sulfonamides is 1. The minimum Gasteiger partial charge on any atom is -0.399 e. The van der Waals surface area contributed by atoms with Crippen molar-refractivity contribution in [2.45, 2.75) is 24.8 Å². The van der Waals surface area contributed by atoms with Gasteiger partial charge in [-0.25, -0.2) is 13.1 Å². The van der Waals surface area contributed by atoms with Crippen molar-refractivity contribution < 1.29 is 13.2 Å². The first kappa shape index (κ1) is 16.2. The maximum atomic E-state index is 12.4. The Morgan fingerprint density at radius 3 is 2.62 bits per heavy atom. The second-order valence-electron chi connectivity index (χ2n) is 5.51. The lowest BCUT2D eigenvalue weighted by molar-refractivity contribution is 0.0354. The monoisotopic (exact) mass is 313 g/mol. The molecule has 1 aromatic rings. The van der Waals surface area contributed by atoms with Crippen molar-refractivity contribution in [1.29, 1.82) is 0 Å². The van der Waals surface area contributed by atoms with Crippen LogP contribution in [-0.4, -0.2) is 52.2 Å². The molecule has 0 bridgehead atoms. The van der Waals surface area contributed by atoms with Crippen molar-refractivity contribution in [2.24, 2.45) is 0 Å². The van der Waals surface area contributed by atoms with Gasteiger partial charge in [-0.05, 0) is 37.6 Å². The smallest absolute Gasteiger partial charge is 0.240 e. The van der Waals surface area contributed by atoms with Crippen molar-refractivity contribution in [2.75, 3.05) is 38.6 Å². The van der Waals surface area contributed by atoms with E-state index in [1.54, 1.807) is 12.1 Å². The van der Waals surface area contributed by atoms with Gasteiger partial charge in [0.1, 0.15) is 0 Å². The molecule has 2 rings (SSSR count). The molecule has 1 fully saturated rings. The highest BCUT2D eigenvalue weighted by Crippen LogP contribution is 2.16. The van der Waals surface area contributed by atoms with Gasteiger partial charge in [0.15, 0.2) is 0 Å². The van der Waals surface area contributed by atoms with E-state index in [2.05, 4.69) is 9.62 Å². The number of ether oxygens (including phenoxy) is 1. The highest BCUT2D eigenvalue weighted by atomic mass is 32.2. The van der Waals surface area contributed by atoms with Crippen LogP contribution in [0.3, 0.4) is 0 Å². The molecule has 0 aromatic heterocycles. The Labute approximate surface area is 126 Å². The number of hydrogen-bond acceptors (Lipinski definition) is 5. The van der Waals surface area contributed by atoms with Crippen LogP contribution < -0.4 is 10.5 Å². The molecule has 1 saturated heterocycles. The quantitative estimate of drug-likeness (QED) is 0.777. The van der Waals surface area contributed by atoms with Gasteiger partial charge >= 0.3 is 0 Å². The van der Waals surface area contributed by atoms with Crippen molar-refractivity contribution >= 4 is 15.7 Å². The summed E-state index contributed by atoms with van der Waals surface area (Å²) in [5.74, 6) is 0. The molecule has 1 aromatic carbocycles. The number of nitrogen functional groups attached to an aromatic ring is 1. The van der Waals surface area contributed by atoms with Crippen molar-refractivity contribution in [3.8, 4) is 0 Å². The zero-order chi connectivity index (χ0) is 15.5. The van der Waals surface area contributed by atoms with Gasteiger partial charge in [-0.3, -0.25) is 4.90 Å². The first-order valence-electron chi connectivity index (χ1n) is 7.06. The Morgan fingerprint density at radius 1 is 1.33 bits per heavy atom. The maximum absolute atomic E-state index is 12.4. The summed E-state index contributed by atoms with van der Waals surface area (Å²) in [7, 11) is -3.54. The lowest BCUT2D eigenvalue weighted by Gasteiger charge is -2.29. The predicted molar refractivity (Wildman–Crippen MR) is 82.6 cm³/mol. The Kier molecular flexibility index (Phi) is 5.21. The molecule has 1 aliphatic rings. The second kappa shape index (κ2) is 6.74. The average Bonchev–Trinajstić information content (AvgIpc) is 2.37. The number of rotatable bonds is 5. The second-order valence-corrected chi connectivity index (χ2v) is 7.23. The van der Waals surface area contributed by atoms with Crippen LogP contribution in [-0.2, 0) is 14.8 Å². The van der Waals surface area contributed by atoms with E-state index in [0.717, 1.165) is 18.7 Å². The van der Waals surface area contributed by atoms with Crippen LogP contribution in [0.25, 0.3) is 0 Å². The number of hydrogen-bond donors (Lipinski definition) is 2. The summed E-state index contributed by atoms with van der Waals surface area (Å²) in [6, 6.07) is 4.68. The van der Waals surface area contributed by atoms with E-state index < -0.39 is 10.0 Å². The van der Waals surface area contributed by atoms with E-state index >= 15 is 0 Å². The molecule has 21 heavy (non-hydrogen) atoms. The number of aryl methyl sites for hydroxylation is 1. The van der Waals surface area contributed by atoms with Gasteiger partial charge in [-0.2, -0.15) is 0 Å². The molecule has 3 N–H and O–H groups in total. The lowest BCUT2D eigenvalue weighted by atomic mass is 10.2. The summed E-state index contributed by atoms with van der Waals surface area (Å²) < 4.78 is 32.7. The van der Waals surface area contributed by atoms with Gasteiger partial charge in [0.25, 0.3) is 0 Å². The van der Waals surface area contributed by atoms with Crippen molar-refractivity contribution in [1.82, 2.24) is 9.62 Å². The van der Waals surface area contributed by atoms with Crippen LogP contribution in [0.5, 0.6) is 0 Å². The average molecular weight is 313 g/mol. The number of nitrogens with zero attached hydrogens (tertiary/aromatic N) is 1. The molecule has 0 aliphatic carbocycles. The summed E-state index contributed by atoms with van der Waals surface area (Å²) in [6.45, 7) is 7.44. The summed E-state index contributed by atoms with van der Waals surface area (Å²) in [4.78, 5) is 2.41. The van der Waals surface area contributed by atoms with Crippen LogP contribution in [0, 0.1) is 6.92 Å². The van der Waals surface area contributed by atoms with Gasteiger partial charge in [-0.15, -0.1) is 0 Å². The van der Waals surface area contributed by atoms with E-state index in [-0.39, 0.29) is 10.9 Å². The Hall–Kier alpha value is -1.15. The molecule has 0 radical (unpaired) electrons. The Bertz CT molecular complexity index is 563. The first-order valence-corrected chi connectivity index (χ1v) is 8.55. The first-order chi connectivity index (χ1) is 9.87. The van der Waals surface area contributed by atoms with Gasteiger partial charge in [0.05, 0.1) is 18.1 Å². The van der Waals surface area contributed by atoms with Crippen LogP contribution in [0.1, 0.15) is 12.5 Å². The molecular formula is C14H23N3O3S. The number of benzene rings is 1. The standard InChI is InChI=1S/C14H23N3O3S/c1-11-7-13(15)9-14(8-11)21(18,19)16-12(2)10-17-3-5-20-6-4-17/h7-9,12,16H,3-6,10,15H2,1-2H3. The van der Waals surface area contributed by atoms with Crippen LogP contribution >= 0.6 is 0 Å². The lowest BCUT2D eigenvalue weighted by Crippen LogP contribution is -2.45. The van der Waals surface area contributed by atoms with E-state index in [1.807, 2.05) is 13.8 Å². The third kappa shape index (κ3) is 4.67. The molecule has 118 valence electrons. The normalized spacial score (nSPS) is 18.6. The molecule has 7 heteroatoms. The molecule has 1 aliphatic heterocycles. The van der Waals surface area contributed by atoms with Gasteiger partial charge in [0, 0.05) is 31.4 Å². The molecule has 1 atom stereocenters. The number of nitrogens with one attached hydrogen (secondary N) is 1. The molecule has 0 saturated carbocycles. The predicted octanol–water partition coefficient (Wildman–Crippen LogP) is 0.576. The summed E-state index contributed by atoms with van der Waals surface area (Å²) in [6.07, 6.45) is 0. The number of nitrogens with two attached hydrogens (primary N) is 1. The number of morpholine rings is 1. The molecule has 6 nitrogen and oxygen atoms in total. The van der Waals surface area contributed by atoms with Gasteiger partial charge in [-0.1, -0.05) is 0 Å². The topological polar surface area (TPSA) is 84.7 Å². The Morgan fingerprint density at radius 2 is 2.00 bits per heavy atom. The maximum Gasteiger partial charge on any atom is 0.240 e. The SMILES string of the molecule is Cc1cc(N)cc(S(=O)(=O)NC(C)CN2CCOCC2)c1. The minimum absolute atomic E-state index is 0.171. The minimum atomic E-state index is -3.54. The summed E-state index contributed by atoms with van der Waals surface area (Å²) >= 11 is 0. The van der Waals surface area contributed by atoms with Crippen LogP contribution in [0.15, 0.2) is 23.1 Å². The van der Waals surface area contributed by atoms with E-state index in [1.165, 1.54) is 6.07 Å². The zero-order valence-electron chi connectivity index (χ0n) is 12.5. The summed E-state index contributed by atoms with van der Waals surface area (Å²) in [5, 5.41) is 0. The van der Waals surface area contributed by atoms with Crippen LogP contribution in [0.4, 0.5) is 5.69 Å². The van der Waals surface area contributed by atoms with Crippen molar-refractivity contribution in [3.63, 3.8) is 0 Å². The fraction of sp³-hybridized carbons (Fsp3) is 0.571.